The van der Waals surface area contributed by atoms with Gasteiger partial charge in [0, 0.05) is 19.9 Å². The van der Waals surface area contributed by atoms with Crippen molar-refractivity contribution in [1.82, 2.24) is 16.0 Å². The van der Waals surface area contributed by atoms with Crippen LogP contribution >= 0.6 is 0 Å². The van der Waals surface area contributed by atoms with Crippen LogP contribution in [0, 0.1) is 0 Å². The zero-order valence-electron chi connectivity index (χ0n) is 22.6. The van der Waals surface area contributed by atoms with E-state index in [1.165, 1.54) is 0 Å². The van der Waals surface area contributed by atoms with E-state index in [0.717, 1.165) is 6.92 Å². The van der Waals surface area contributed by atoms with E-state index in [1.807, 2.05) is 0 Å². The van der Waals surface area contributed by atoms with Crippen LogP contribution in [0.2, 0.25) is 0 Å². The molecule has 14 heteroatoms. The van der Waals surface area contributed by atoms with Gasteiger partial charge in [-0.15, -0.1) is 0 Å². The number of rotatable bonds is 14. The summed E-state index contributed by atoms with van der Waals surface area (Å²) in [4.78, 5) is 65.5. The third kappa shape index (κ3) is 14.2. The van der Waals surface area contributed by atoms with Gasteiger partial charge in [0.2, 0.25) is 11.8 Å². The minimum Gasteiger partial charge on any atom is -0.480 e. The SMILES string of the molecule is CC(=O)OC[C@H](NC(=O)[C@H](Cc1ccccc1)NC(=O)OC(C)(C)C)C(=O)N[C@@H](CCCN=C(N)N)C(=O)O. The van der Waals surface area contributed by atoms with Gasteiger partial charge in [-0.2, -0.15) is 0 Å². The van der Waals surface area contributed by atoms with Gasteiger partial charge in [0.1, 0.15) is 30.3 Å². The Hall–Kier alpha value is -4.36. The normalized spacial score (nSPS) is 13.1. The molecule has 0 spiro atoms. The number of hydrogen-bond acceptors (Lipinski definition) is 8. The molecule has 0 saturated carbocycles. The number of esters is 1. The lowest BCUT2D eigenvalue weighted by Gasteiger charge is -2.26. The lowest BCUT2D eigenvalue weighted by atomic mass is 10.0. The predicted octanol–water partition coefficient (Wildman–Crippen LogP) is -0.207. The number of alkyl carbamates (subject to hydrolysis) is 1. The minimum atomic E-state index is -1.46. The van der Waals surface area contributed by atoms with E-state index in [-0.39, 0.29) is 31.8 Å². The summed E-state index contributed by atoms with van der Waals surface area (Å²) in [5, 5.41) is 16.8. The summed E-state index contributed by atoms with van der Waals surface area (Å²) in [6.07, 6.45) is -0.569. The van der Waals surface area contributed by atoms with Gasteiger partial charge in [0.15, 0.2) is 5.96 Å². The highest BCUT2D eigenvalue weighted by Crippen LogP contribution is 2.09. The Morgan fingerprint density at radius 3 is 2.08 bits per heavy atom. The number of carboxylic acid groups (broad SMARTS) is 1. The molecule has 1 rings (SSSR count). The number of aliphatic carboxylic acids is 1. The van der Waals surface area contributed by atoms with Crippen molar-refractivity contribution < 1.29 is 38.6 Å². The maximum atomic E-state index is 13.2. The molecule has 1 aromatic rings. The fraction of sp³-hybridized carbons (Fsp3) is 0.520. The Balaban J connectivity index is 3.07. The van der Waals surface area contributed by atoms with Gasteiger partial charge in [-0.3, -0.25) is 19.4 Å². The molecule has 0 aliphatic carbocycles. The van der Waals surface area contributed by atoms with Gasteiger partial charge in [-0.25, -0.2) is 9.59 Å². The number of nitrogens with two attached hydrogens (primary N) is 2. The highest BCUT2D eigenvalue weighted by atomic mass is 16.6. The first-order valence-electron chi connectivity index (χ1n) is 12.2. The molecule has 0 aromatic heterocycles. The summed E-state index contributed by atoms with van der Waals surface area (Å²) in [6, 6.07) is 4.84. The second-order valence-electron chi connectivity index (χ2n) is 9.60. The van der Waals surface area contributed by atoms with Crippen LogP contribution in [0.1, 0.15) is 46.1 Å². The van der Waals surface area contributed by atoms with Gasteiger partial charge in [-0.05, 0) is 39.2 Å². The smallest absolute Gasteiger partial charge is 0.408 e. The fourth-order valence-corrected chi connectivity index (χ4v) is 3.20. The molecule has 0 aliphatic heterocycles. The molecule has 8 N–H and O–H groups in total. The molecule has 14 nitrogen and oxygen atoms in total. The maximum absolute atomic E-state index is 13.2. The Bertz CT molecular complexity index is 1020. The predicted molar refractivity (Wildman–Crippen MR) is 141 cm³/mol. The molecule has 0 bridgehead atoms. The number of benzene rings is 1. The first-order chi connectivity index (χ1) is 18.2. The maximum Gasteiger partial charge on any atom is 0.408 e. The molecule has 0 fully saturated rings. The third-order valence-corrected chi connectivity index (χ3v) is 4.94. The number of nitrogens with zero attached hydrogens (tertiary/aromatic N) is 1. The Labute approximate surface area is 226 Å². The van der Waals surface area contributed by atoms with Crippen molar-refractivity contribution in [3.05, 3.63) is 35.9 Å². The average molecular weight is 551 g/mol. The first-order valence-corrected chi connectivity index (χ1v) is 12.2. The first kappa shape index (κ1) is 32.7. The summed E-state index contributed by atoms with van der Waals surface area (Å²) in [5.41, 5.74) is 10.4. The van der Waals surface area contributed by atoms with Crippen LogP contribution in [0.5, 0.6) is 0 Å². The molecule has 3 amide bonds. The van der Waals surface area contributed by atoms with Crippen LogP contribution in [0.3, 0.4) is 0 Å². The molecule has 0 radical (unpaired) electrons. The molecule has 216 valence electrons. The quantitative estimate of drug-likeness (QED) is 0.0773. The highest BCUT2D eigenvalue weighted by Gasteiger charge is 2.31. The highest BCUT2D eigenvalue weighted by molar-refractivity contribution is 5.93. The second kappa shape index (κ2) is 15.8. The number of nitrogens with one attached hydrogen (secondary N) is 3. The van der Waals surface area contributed by atoms with Gasteiger partial charge in [0.25, 0.3) is 0 Å². The molecular formula is C25H38N6O8. The lowest BCUT2D eigenvalue weighted by molar-refractivity contribution is -0.146. The van der Waals surface area contributed by atoms with Crippen LogP contribution in [0.25, 0.3) is 0 Å². The number of aliphatic imine (C=N–C) groups is 1. The topological polar surface area (TPSA) is 225 Å². The molecule has 0 unspecified atom stereocenters. The van der Waals surface area contributed by atoms with Crippen molar-refractivity contribution in [1.29, 1.82) is 0 Å². The van der Waals surface area contributed by atoms with Crippen molar-refractivity contribution in [2.45, 2.75) is 70.7 Å². The van der Waals surface area contributed by atoms with Gasteiger partial charge >= 0.3 is 18.0 Å². The van der Waals surface area contributed by atoms with Gasteiger partial charge in [-0.1, -0.05) is 30.3 Å². The summed E-state index contributed by atoms with van der Waals surface area (Å²) in [7, 11) is 0. The minimum absolute atomic E-state index is 0.0110. The van der Waals surface area contributed by atoms with E-state index in [0.29, 0.717) is 5.56 Å². The molecule has 1 aromatic carbocycles. The van der Waals surface area contributed by atoms with Crippen molar-refractivity contribution in [2.24, 2.45) is 16.5 Å². The standard InChI is InChI=1S/C25H38N6O8/c1-15(32)38-14-19(21(34)29-17(22(35)36)11-8-12-28-23(26)27)30-20(33)18(13-16-9-6-5-7-10-16)31-24(37)39-25(2,3)4/h5-7,9-10,17-19H,8,11-14H2,1-4H3,(H,29,34)(H,30,33)(H,31,37)(H,35,36)(H4,26,27,28)/t17-,18-,19-/m0/s1. The largest absolute Gasteiger partial charge is 0.480 e. The van der Waals surface area contributed by atoms with Gasteiger partial charge in [0.05, 0.1) is 0 Å². The number of ether oxygens (including phenoxy) is 2. The van der Waals surface area contributed by atoms with Gasteiger partial charge < -0.3 is 42.0 Å². The summed E-state index contributed by atoms with van der Waals surface area (Å²) in [5.74, 6) is -3.88. The van der Waals surface area contributed by atoms with Crippen LogP contribution in [0.15, 0.2) is 35.3 Å². The third-order valence-electron chi connectivity index (χ3n) is 4.94. The van der Waals surface area contributed by atoms with E-state index >= 15 is 0 Å². The Kier molecular flexibility index (Phi) is 13.2. The zero-order chi connectivity index (χ0) is 29.6. The zero-order valence-corrected chi connectivity index (χ0v) is 22.6. The summed E-state index contributed by atoms with van der Waals surface area (Å²) >= 11 is 0. The number of carbonyl (C=O) groups is 5. The summed E-state index contributed by atoms with van der Waals surface area (Å²) in [6.45, 7) is 5.67. The Morgan fingerprint density at radius 2 is 1.54 bits per heavy atom. The van der Waals surface area contributed by atoms with Crippen molar-refractivity contribution in [3.63, 3.8) is 0 Å². The average Bonchev–Trinajstić information content (AvgIpc) is 2.81. The molecule has 3 atom stereocenters. The number of amides is 3. The monoisotopic (exact) mass is 550 g/mol. The molecule has 0 saturated heterocycles. The van der Waals surface area contributed by atoms with E-state index in [1.54, 1.807) is 51.1 Å². The van der Waals surface area contributed by atoms with Crippen molar-refractivity contribution in [3.8, 4) is 0 Å². The number of guanidine groups is 1. The molecule has 0 aliphatic rings. The van der Waals surface area contributed by atoms with Crippen molar-refractivity contribution in [2.75, 3.05) is 13.2 Å². The van der Waals surface area contributed by atoms with Crippen LogP contribution in [0.4, 0.5) is 4.79 Å². The lowest BCUT2D eigenvalue weighted by Crippen LogP contribution is -2.58. The van der Waals surface area contributed by atoms with E-state index < -0.39 is 60.2 Å². The van der Waals surface area contributed by atoms with E-state index in [2.05, 4.69) is 20.9 Å². The Morgan fingerprint density at radius 1 is 0.949 bits per heavy atom. The number of carbonyl (C=O) groups excluding carboxylic acids is 4. The molecular weight excluding hydrogens is 512 g/mol. The molecule has 39 heavy (non-hydrogen) atoms. The van der Waals surface area contributed by atoms with Crippen molar-refractivity contribution >= 4 is 35.8 Å². The molecule has 0 heterocycles. The van der Waals surface area contributed by atoms with E-state index in [9.17, 15) is 29.1 Å². The summed E-state index contributed by atoms with van der Waals surface area (Å²) < 4.78 is 10.2. The van der Waals surface area contributed by atoms with Crippen LogP contribution in [-0.2, 0) is 35.1 Å². The van der Waals surface area contributed by atoms with Crippen LogP contribution in [-0.4, -0.2) is 77.8 Å². The number of hydrogen-bond donors (Lipinski definition) is 6. The fourth-order valence-electron chi connectivity index (χ4n) is 3.20. The van der Waals surface area contributed by atoms with E-state index in [4.69, 9.17) is 20.9 Å². The number of carboxylic acids is 1. The van der Waals surface area contributed by atoms with Crippen LogP contribution < -0.4 is 27.4 Å². The second-order valence-corrected chi connectivity index (χ2v) is 9.60.